The average molecular weight is 377 g/mol. The molecule has 1 aliphatic heterocycles. The van der Waals surface area contributed by atoms with Crippen molar-refractivity contribution in [1.82, 2.24) is 4.72 Å². The highest BCUT2D eigenvalue weighted by atomic mass is 32.2. The predicted octanol–water partition coefficient (Wildman–Crippen LogP) is -0.162. The summed E-state index contributed by atoms with van der Waals surface area (Å²) in [4.78, 5) is 2.07. The second-order valence-corrected chi connectivity index (χ2v) is 9.33. The minimum absolute atomic E-state index is 0.00332. The van der Waals surface area contributed by atoms with Gasteiger partial charge in [0.2, 0.25) is 20.0 Å². The van der Waals surface area contributed by atoms with E-state index in [2.05, 4.69) is 9.62 Å². The van der Waals surface area contributed by atoms with E-state index in [1.165, 1.54) is 4.31 Å². The first kappa shape index (κ1) is 19.0. The summed E-state index contributed by atoms with van der Waals surface area (Å²) in [5.74, 6) is 0. The van der Waals surface area contributed by atoms with Crippen molar-refractivity contribution in [2.75, 3.05) is 61.1 Å². The number of anilines is 2. The van der Waals surface area contributed by atoms with Crippen LogP contribution in [-0.2, 0) is 24.8 Å². The van der Waals surface area contributed by atoms with Gasteiger partial charge in [-0.2, -0.15) is 0 Å². The summed E-state index contributed by atoms with van der Waals surface area (Å²) in [7, 11) is -6.93. The number of ether oxygens (including phenoxy) is 1. The fourth-order valence-electron chi connectivity index (χ4n) is 2.54. The van der Waals surface area contributed by atoms with Crippen LogP contribution in [0.15, 0.2) is 24.3 Å². The molecule has 0 spiro atoms. The predicted molar refractivity (Wildman–Crippen MR) is 94.5 cm³/mol. The van der Waals surface area contributed by atoms with Crippen molar-refractivity contribution >= 4 is 31.4 Å². The van der Waals surface area contributed by atoms with E-state index in [1.807, 2.05) is 12.1 Å². The van der Waals surface area contributed by atoms with Crippen molar-refractivity contribution in [3.63, 3.8) is 0 Å². The molecule has 0 amide bonds. The standard InChI is InChI=1S/C14H23N3O5S2/c1-23(18,19)15-7-8-17(24(2,20)21)14-6-4-3-5-13(14)16-9-11-22-12-10-16/h3-6,15H,7-12H2,1-2H3. The number of sulfonamides is 2. The minimum Gasteiger partial charge on any atom is -0.378 e. The van der Waals surface area contributed by atoms with Crippen LogP contribution in [0.5, 0.6) is 0 Å². The number of nitrogens with zero attached hydrogens (tertiary/aromatic N) is 2. The Balaban J connectivity index is 2.29. The van der Waals surface area contributed by atoms with Gasteiger partial charge in [-0.05, 0) is 12.1 Å². The fraction of sp³-hybridized carbons (Fsp3) is 0.571. The van der Waals surface area contributed by atoms with E-state index < -0.39 is 20.0 Å². The summed E-state index contributed by atoms with van der Waals surface area (Å²) in [5, 5.41) is 0. The number of hydrogen-bond donors (Lipinski definition) is 1. The number of hydrogen-bond acceptors (Lipinski definition) is 6. The van der Waals surface area contributed by atoms with Gasteiger partial charge < -0.3 is 9.64 Å². The monoisotopic (exact) mass is 377 g/mol. The lowest BCUT2D eigenvalue weighted by Gasteiger charge is -2.33. The molecule has 0 aliphatic carbocycles. The second-order valence-electron chi connectivity index (χ2n) is 5.59. The second kappa shape index (κ2) is 7.68. The van der Waals surface area contributed by atoms with Gasteiger partial charge in [-0.25, -0.2) is 21.6 Å². The van der Waals surface area contributed by atoms with Gasteiger partial charge in [-0.1, -0.05) is 12.1 Å². The molecule has 24 heavy (non-hydrogen) atoms. The minimum atomic E-state index is -3.56. The number of para-hydroxylation sites is 2. The third kappa shape index (κ3) is 5.33. The van der Waals surface area contributed by atoms with Gasteiger partial charge in [0.1, 0.15) is 0 Å². The summed E-state index contributed by atoms with van der Waals surface area (Å²) in [6.07, 6.45) is 2.16. The Hall–Kier alpha value is -1.36. The lowest BCUT2D eigenvalue weighted by Crippen LogP contribution is -2.41. The van der Waals surface area contributed by atoms with E-state index in [0.29, 0.717) is 32.0 Å². The Morgan fingerprint density at radius 3 is 2.33 bits per heavy atom. The Bertz CT molecular complexity index is 758. The number of rotatable bonds is 7. The normalized spacial score (nSPS) is 16.2. The number of benzene rings is 1. The first-order valence-electron chi connectivity index (χ1n) is 7.52. The van der Waals surface area contributed by atoms with E-state index in [1.54, 1.807) is 12.1 Å². The summed E-state index contributed by atoms with van der Waals surface area (Å²) in [6, 6.07) is 7.21. The zero-order valence-electron chi connectivity index (χ0n) is 13.8. The molecule has 0 saturated carbocycles. The maximum absolute atomic E-state index is 12.2. The van der Waals surface area contributed by atoms with Gasteiger partial charge in [0.15, 0.2) is 0 Å². The van der Waals surface area contributed by atoms with E-state index in [4.69, 9.17) is 4.74 Å². The van der Waals surface area contributed by atoms with Gasteiger partial charge in [0.25, 0.3) is 0 Å². The van der Waals surface area contributed by atoms with Crippen LogP contribution in [0.1, 0.15) is 0 Å². The highest BCUT2D eigenvalue weighted by Crippen LogP contribution is 2.31. The van der Waals surface area contributed by atoms with Crippen molar-refractivity contribution < 1.29 is 21.6 Å². The molecule has 1 aromatic rings. The van der Waals surface area contributed by atoms with Gasteiger partial charge in [0, 0.05) is 26.2 Å². The zero-order chi connectivity index (χ0) is 17.8. The quantitative estimate of drug-likeness (QED) is 0.709. The lowest BCUT2D eigenvalue weighted by atomic mass is 10.2. The molecule has 0 aromatic heterocycles. The van der Waals surface area contributed by atoms with Crippen molar-refractivity contribution in [2.45, 2.75) is 0 Å². The molecule has 136 valence electrons. The Morgan fingerprint density at radius 1 is 1.12 bits per heavy atom. The van der Waals surface area contributed by atoms with Crippen LogP contribution in [0.2, 0.25) is 0 Å². The van der Waals surface area contributed by atoms with Crippen LogP contribution in [-0.4, -0.2) is 68.7 Å². The Labute approximate surface area is 143 Å². The first-order valence-corrected chi connectivity index (χ1v) is 11.3. The fourth-order valence-corrected chi connectivity index (χ4v) is 3.94. The largest absolute Gasteiger partial charge is 0.378 e. The molecule has 1 saturated heterocycles. The lowest BCUT2D eigenvalue weighted by molar-refractivity contribution is 0.123. The first-order chi connectivity index (χ1) is 11.2. The van der Waals surface area contributed by atoms with E-state index in [-0.39, 0.29) is 13.1 Å². The summed E-state index contributed by atoms with van der Waals surface area (Å²) >= 11 is 0. The molecule has 0 atom stereocenters. The molecule has 0 unspecified atom stereocenters. The van der Waals surface area contributed by atoms with Gasteiger partial charge in [-0.3, -0.25) is 4.31 Å². The molecular formula is C14H23N3O5S2. The molecule has 1 heterocycles. The van der Waals surface area contributed by atoms with Crippen LogP contribution in [0, 0.1) is 0 Å². The molecule has 1 fully saturated rings. The molecule has 1 aliphatic rings. The third-order valence-corrected chi connectivity index (χ3v) is 5.49. The molecule has 1 aromatic carbocycles. The van der Waals surface area contributed by atoms with Crippen molar-refractivity contribution in [3.05, 3.63) is 24.3 Å². The molecular weight excluding hydrogens is 354 g/mol. The van der Waals surface area contributed by atoms with Crippen LogP contribution in [0.3, 0.4) is 0 Å². The maximum Gasteiger partial charge on any atom is 0.232 e. The summed E-state index contributed by atoms with van der Waals surface area (Å²) < 4.78 is 55.8. The van der Waals surface area contributed by atoms with Gasteiger partial charge in [0.05, 0.1) is 37.1 Å². The number of nitrogens with one attached hydrogen (secondary N) is 1. The van der Waals surface area contributed by atoms with E-state index in [9.17, 15) is 16.8 Å². The smallest absolute Gasteiger partial charge is 0.232 e. The molecule has 2 rings (SSSR count). The molecule has 1 N–H and O–H groups in total. The van der Waals surface area contributed by atoms with Crippen molar-refractivity contribution in [3.8, 4) is 0 Å². The highest BCUT2D eigenvalue weighted by molar-refractivity contribution is 7.92. The van der Waals surface area contributed by atoms with Crippen LogP contribution in [0.4, 0.5) is 11.4 Å². The highest BCUT2D eigenvalue weighted by Gasteiger charge is 2.23. The van der Waals surface area contributed by atoms with Gasteiger partial charge in [-0.15, -0.1) is 0 Å². The Morgan fingerprint density at radius 2 is 1.75 bits per heavy atom. The molecule has 0 bridgehead atoms. The summed E-state index contributed by atoms with van der Waals surface area (Å²) in [5.41, 5.74) is 1.34. The molecule has 10 heteroatoms. The SMILES string of the molecule is CS(=O)(=O)NCCN(c1ccccc1N1CCOCC1)S(C)(=O)=O. The van der Waals surface area contributed by atoms with E-state index >= 15 is 0 Å². The summed E-state index contributed by atoms with van der Waals surface area (Å²) in [6.45, 7) is 2.55. The van der Waals surface area contributed by atoms with Crippen LogP contribution in [0.25, 0.3) is 0 Å². The topological polar surface area (TPSA) is 96.0 Å². The maximum atomic E-state index is 12.2. The molecule has 8 nitrogen and oxygen atoms in total. The third-order valence-electron chi connectivity index (χ3n) is 3.58. The number of morpholine rings is 1. The van der Waals surface area contributed by atoms with Crippen LogP contribution >= 0.6 is 0 Å². The van der Waals surface area contributed by atoms with Crippen molar-refractivity contribution in [1.29, 1.82) is 0 Å². The zero-order valence-corrected chi connectivity index (χ0v) is 15.4. The van der Waals surface area contributed by atoms with Crippen LogP contribution < -0.4 is 13.9 Å². The Kier molecular flexibility index (Phi) is 6.07. The van der Waals surface area contributed by atoms with Gasteiger partial charge >= 0.3 is 0 Å². The van der Waals surface area contributed by atoms with E-state index in [0.717, 1.165) is 18.2 Å². The van der Waals surface area contributed by atoms with Crippen molar-refractivity contribution in [2.24, 2.45) is 0 Å². The average Bonchev–Trinajstić information content (AvgIpc) is 2.50. The molecule has 0 radical (unpaired) electrons.